The van der Waals surface area contributed by atoms with Crippen LogP contribution >= 0.6 is 0 Å². The largest absolute Gasteiger partial charge is 0.481 e. The standard InChI is InChI=1S/C21H15F3O3/c22-21(23,24)17-7-2-5-15(12-17)16-6-3-9-19(13-16)27-18-8-1-4-14(10-18)11-20(25)26/h1-10,12-13H,11H2,(H,25,26). The molecule has 0 radical (unpaired) electrons. The maximum atomic E-state index is 12.9. The van der Waals surface area contributed by atoms with Crippen molar-refractivity contribution in [2.75, 3.05) is 0 Å². The highest BCUT2D eigenvalue weighted by Gasteiger charge is 2.30. The summed E-state index contributed by atoms with van der Waals surface area (Å²) in [6.45, 7) is 0. The topological polar surface area (TPSA) is 46.5 Å². The fourth-order valence-corrected chi connectivity index (χ4v) is 2.64. The minimum absolute atomic E-state index is 0.124. The molecule has 0 fully saturated rings. The monoisotopic (exact) mass is 372 g/mol. The molecule has 0 atom stereocenters. The van der Waals surface area contributed by atoms with Crippen molar-refractivity contribution in [2.45, 2.75) is 12.6 Å². The fourth-order valence-electron chi connectivity index (χ4n) is 2.64. The third kappa shape index (κ3) is 4.88. The average molecular weight is 372 g/mol. The van der Waals surface area contributed by atoms with Crippen LogP contribution in [0.5, 0.6) is 11.5 Å². The Morgan fingerprint density at radius 3 is 2.11 bits per heavy atom. The number of rotatable bonds is 5. The number of alkyl halides is 3. The third-order valence-corrected chi connectivity index (χ3v) is 3.85. The van der Waals surface area contributed by atoms with Crippen LogP contribution in [-0.4, -0.2) is 11.1 Å². The molecule has 0 aliphatic carbocycles. The lowest BCUT2D eigenvalue weighted by Crippen LogP contribution is -2.04. The van der Waals surface area contributed by atoms with Crippen LogP contribution in [0.1, 0.15) is 11.1 Å². The molecule has 27 heavy (non-hydrogen) atoms. The van der Waals surface area contributed by atoms with Crippen molar-refractivity contribution in [1.82, 2.24) is 0 Å². The van der Waals surface area contributed by atoms with Crippen molar-refractivity contribution in [3.8, 4) is 22.6 Å². The summed E-state index contributed by atoms with van der Waals surface area (Å²) in [7, 11) is 0. The van der Waals surface area contributed by atoms with Crippen LogP contribution in [0.2, 0.25) is 0 Å². The molecule has 0 aromatic heterocycles. The van der Waals surface area contributed by atoms with Gasteiger partial charge in [-0.1, -0.05) is 36.4 Å². The first-order valence-corrected chi connectivity index (χ1v) is 8.07. The summed E-state index contributed by atoms with van der Waals surface area (Å²) in [5.74, 6) is -0.0500. The number of carboxylic acid groups (broad SMARTS) is 1. The zero-order valence-corrected chi connectivity index (χ0v) is 14.0. The lowest BCUT2D eigenvalue weighted by molar-refractivity contribution is -0.138. The van der Waals surface area contributed by atoms with Crippen LogP contribution in [0.3, 0.4) is 0 Å². The molecule has 3 aromatic carbocycles. The first kappa shape index (κ1) is 18.5. The van der Waals surface area contributed by atoms with Crippen LogP contribution in [0.4, 0.5) is 13.2 Å². The van der Waals surface area contributed by atoms with E-state index in [1.54, 1.807) is 54.6 Å². The quantitative estimate of drug-likeness (QED) is 0.616. The zero-order valence-electron chi connectivity index (χ0n) is 14.0. The molecular formula is C21H15F3O3. The molecule has 0 spiro atoms. The van der Waals surface area contributed by atoms with Crippen molar-refractivity contribution in [1.29, 1.82) is 0 Å². The summed E-state index contributed by atoms with van der Waals surface area (Å²) in [5, 5.41) is 8.87. The number of carbonyl (C=O) groups is 1. The van der Waals surface area contributed by atoms with Gasteiger partial charge in [0.05, 0.1) is 12.0 Å². The van der Waals surface area contributed by atoms with Crippen molar-refractivity contribution in [3.05, 3.63) is 83.9 Å². The molecule has 0 saturated heterocycles. The van der Waals surface area contributed by atoms with Gasteiger partial charge < -0.3 is 9.84 Å². The third-order valence-electron chi connectivity index (χ3n) is 3.85. The Labute approximate surface area is 153 Å². The molecule has 138 valence electrons. The predicted octanol–water partition coefficient (Wildman–Crippen LogP) is 5.79. The van der Waals surface area contributed by atoms with Gasteiger partial charge in [-0.2, -0.15) is 13.2 Å². The highest BCUT2D eigenvalue weighted by molar-refractivity contribution is 5.70. The van der Waals surface area contributed by atoms with E-state index < -0.39 is 17.7 Å². The van der Waals surface area contributed by atoms with E-state index in [-0.39, 0.29) is 6.42 Å². The molecule has 0 aliphatic heterocycles. The van der Waals surface area contributed by atoms with E-state index in [0.717, 1.165) is 12.1 Å². The van der Waals surface area contributed by atoms with Gasteiger partial charge in [-0.15, -0.1) is 0 Å². The highest BCUT2D eigenvalue weighted by Crippen LogP contribution is 2.33. The SMILES string of the molecule is O=C(O)Cc1cccc(Oc2cccc(-c3cccc(C(F)(F)F)c3)c2)c1. The van der Waals surface area contributed by atoms with E-state index in [9.17, 15) is 18.0 Å². The van der Waals surface area contributed by atoms with Crippen LogP contribution in [0.15, 0.2) is 72.8 Å². The molecule has 0 unspecified atom stereocenters. The Bertz CT molecular complexity index is 965. The second kappa shape index (κ2) is 7.53. The van der Waals surface area contributed by atoms with Crippen molar-refractivity contribution < 1.29 is 27.8 Å². The van der Waals surface area contributed by atoms with Crippen molar-refractivity contribution >= 4 is 5.97 Å². The maximum Gasteiger partial charge on any atom is 0.416 e. The minimum Gasteiger partial charge on any atom is -0.481 e. The van der Waals surface area contributed by atoms with Crippen molar-refractivity contribution in [3.63, 3.8) is 0 Å². The van der Waals surface area contributed by atoms with Crippen molar-refractivity contribution in [2.24, 2.45) is 0 Å². The number of benzene rings is 3. The molecule has 0 heterocycles. The van der Waals surface area contributed by atoms with Gasteiger partial charge in [0, 0.05) is 0 Å². The van der Waals surface area contributed by atoms with E-state index in [1.165, 1.54) is 6.07 Å². The summed E-state index contributed by atoms with van der Waals surface area (Å²) in [6.07, 6.45) is -4.53. The Balaban J connectivity index is 1.85. The first-order chi connectivity index (χ1) is 12.8. The van der Waals surface area contributed by atoms with Gasteiger partial charge in [0.25, 0.3) is 0 Å². The molecule has 0 aliphatic rings. The zero-order chi connectivity index (χ0) is 19.4. The molecular weight excluding hydrogens is 357 g/mol. The van der Waals surface area contributed by atoms with E-state index in [4.69, 9.17) is 9.84 Å². The number of ether oxygens (including phenoxy) is 1. The number of hydrogen-bond donors (Lipinski definition) is 1. The van der Waals surface area contributed by atoms with Crippen LogP contribution < -0.4 is 4.74 Å². The smallest absolute Gasteiger partial charge is 0.416 e. The normalized spacial score (nSPS) is 11.2. The Morgan fingerprint density at radius 2 is 1.44 bits per heavy atom. The number of hydrogen-bond acceptors (Lipinski definition) is 2. The number of halogens is 3. The highest BCUT2D eigenvalue weighted by atomic mass is 19.4. The van der Waals surface area contributed by atoms with Gasteiger partial charge in [-0.25, -0.2) is 0 Å². The summed E-state index contributed by atoms with van der Waals surface area (Å²) >= 11 is 0. The lowest BCUT2D eigenvalue weighted by Gasteiger charge is -2.11. The predicted molar refractivity (Wildman–Crippen MR) is 94.7 cm³/mol. The summed E-state index contributed by atoms with van der Waals surface area (Å²) in [4.78, 5) is 10.8. The van der Waals surface area contributed by atoms with Crippen LogP contribution in [0.25, 0.3) is 11.1 Å². The van der Waals surface area contributed by atoms with Crippen LogP contribution in [0, 0.1) is 0 Å². The van der Waals surface area contributed by atoms with Gasteiger partial charge >= 0.3 is 12.1 Å². The molecule has 0 amide bonds. The Hall–Kier alpha value is -3.28. The summed E-state index contributed by atoms with van der Waals surface area (Å²) in [5.41, 5.74) is 0.886. The van der Waals surface area contributed by atoms with Gasteiger partial charge in [-0.3, -0.25) is 4.79 Å². The van der Waals surface area contributed by atoms with E-state index in [0.29, 0.717) is 28.2 Å². The molecule has 6 heteroatoms. The van der Waals surface area contributed by atoms with E-state index >= 15 is 0 Å². The Morgan fingerprint density at radius 1 is 0.852 bits per heavy atom. The second-order valence-electron chi connectivity index (χ2n) is 5.93. The molecule has 3 nitrogen and oxygen atoms in total. The number of aliphatic carboxylic acids is 1. The summed E-state index contributed by atoms with van der Waals surface area (Å²) in [6, 6.07) is 18.4. The van der Waals surface area contributed by atoms with Gasteiger partial charge in [0.15, 0.2) is 0 Å². The summed E-state index contributed by atoms with van der Waals surface area (Å²) < 4.78 is 44.5. The average Bonchev–Trinajstić information content (AvgIpc) is 2.61. The lowest BCUT2D eigenvalue weighted by atomic mass is 10.0. The second-order valence-corrected chi connectivity index (χ2v) is 5.93. The van der Waals surface area contributed by atoms with Gasteiger partial charge in [0.2, 0.25) is 0 Å². The maximum absolute atomic E-state index is 12.9. The molecule has 1 N–H and O–H groups in total. The molecule has 3 aromatic rings. The number of carboxylic acids is 1. The van der Waals surface area contributed by atoms with Gasteiger partial charge in [0.1, 0.15) is 11.5 Å². The Kier molecular flexibility index (Phi) is 5.16. The fraction of sp³-hybridized carbons (Fsp3) is 0.0952. The van der Waals surface area contributed by atoms with Crippen LogP contribution in [-0.2, 0) is 17.4 Å². The molecule has 0 saturated carbocycles. The molecule has 3 rings (SSSR count). The van der Waals surface area contributed by atoms with Gasteiger partial charge in [-0.05, 0) is 53.1 Å². The minimum atomic E-state index is -4.41. The van der Waals surface area contributed by atoms with E-state index in [2.05, 4.69) is 0 Å². The molecule has 0 bridgehead atoms. The van der Waals surface area contributed by atoms with E-state index in [1.807, 2.05) is 0 Å². The first-order valence-electron chi connectivity index (χ1n) is 8.07.